The van der Waals surface area contributed by atoms with E-state index in [9.17, 15) is 65.9 Å². The second-order valence-electron chi connectivity index (χ2n) is 4.62. The van der Waals surface area contributed by atoms with E-state index in [1.807, 2.05) is 0 Å². The summed E-state index contributed by atoms with van der Waals surface area (Å²) in [6.45, 7) is 0.0267. The fourth-order valence-corrected chi connectivity index (χ4v) is 1.78. The molecule has 0 amide bonds. The van der Waals surface area contributed by atoms with Crippen LogP contribution in [0.25, 0.3) is 0 Å². The number of hydrogen-bond acceptors (Lipinski definition) is 0. The summed E-state index contributed by atoms with van der Waals surface area (Å²) in [5.41, 5.74) is -8.23. The molecule has 0 fully saturated rings. The minimum Gasteiger partial charge on any atom is -0.216 e. The molecule has 0 aromatic carbocycles. The van der Waals surface area contributed by atoms with Gasteiger partial charge in [-0.15, -0.1) is 0 Å². The summed E-state index contributed by atoms with van der Waals surface area (Å²) < 4.78 is 188. The molecule has 0 aromatic rings. The van der Waals surface area contributed by atoms with E-state index in [0.717, 1.165) is 0 Å². The van der Waals surface area contributed by atoms with Crippen molar-refractivity contribution in [2.75, 3.05) is 0 Å². The summed E-state index contributed by atoms with van der Waals surface area (Å²) in [6.07, 6.45) is -15.8. The Bertz CT molecular complexity index is 470. The van der Waals surface area contributed by atoms with Crippen LogP contribution in [0.5, 0.6) is 0 Å². The molecule has 1 unspecified atom stereocenters. The summed E-state index contributed by atoms with van der Waals surface area (Å²) in [6, 6.07) is 0. The Morgan fingerprint density at radius 3 is 1.00 bits per heavy atom. The van der Waals surface area contributed by atoms with Gasteiger partial charge in [0.15, 0.2) is 0 Å². The van der Waals surface area contributed by atoms with E-state index in [-0.39, 0.29) is 29.5 Å². The molecule has 0 radical (unpaired) electrons. The lowest BCUT2D eigenvalue weighted by atomic mass is 9.85. The van der Waals surface area contributed by atoms with Crippen molar-refractivity contribution in [2.45, 2.75) is 52.6 Å². The first-order valence-electron chi connectivity index (χ1n) is 5.42. The second kappa shape index (κ2) is 6.10. The lowest BCUT2D eigenvalue weighted by Gasteiger charge is -2.43. The van der Waals surface area contributed by atoms with Crippen molar-refractivity contribution in [3.8, 4) is 0 Å². The number of halogens is 16. The standard InChI is InChI=1S/C9H4F15I/c1-2(25)3(10,11)5(13,14)7(17,18)6(15,16)4(12,8(19,20)21)9(22,23)24/h2H,1H3. The molecule has 0 spiro atoms. The fraction of sp³-hybridized carbons (Fsp3) is 1.00. The largest absolute Gasteiger partial charge is 0.438 e. The van der Waals surface area contributed by atoms with Crippen LogP contribution in [-0.2, 0) is 0 Å². The van der Waals surface area contributed by atoms with E-state index in [0.29, 0.717) is 0 Å². The first-order valence-corrected chi connectivity index (χ1v) is 6.66. The third-order valence-electron chi connectivity index (χ3n) is 2.92. The van der Waals surface area contributed by atoms with Crippen LogP contribution < -0.4 is 0 Å². The van der Waals surface area contributed by atoms with E-state index in [4.69, 9.17) is 0 Å². The van der Waals surface area contributed by atoms with E-state index in [2.05, 4.69) is 0 Å². The van der Waals surface area contributed by atoms with Gasteiger partial charge in [-0.3, -0.25) is 0 Å². The highest BCUT2D eigenvalue weighted by Crippen LogP contribution is 2.64. The predicted octanol–water partition coefficient (Wildman–Crippen LogP) is 6.18. The van der Waals surface area contributed by atoms with Gasteiger partial charge in [0, 0.05) is 0 Å². The van der Waals surface area contributed by atoms with Crippen molar-refractivity contribution in [3.63, 3.8) is 0 Å². The predicted molar refractivity (Wildman–Crippen MR) is 59.2 cm³/mol. The van der Waals surface area contributed by atoms with Crippen molar-refractivity contribution in [1.29, 1.82) is 0 Å². The van der Waals surface area contributed by atoms with Crippen LogP contribution in [0.1, 0.15) is 6.92 Å². The molecule has 16 heteroatoms. The van der Waals surface area contributed by atoms with E-state index in [1.165, 1.54) is 0 Å². The second-order valence-corrected chi connectivity index (χ2v) is 6.48. The molecule has 1 atom stereocenters. The van der Waals surface area contributed by atoms with Gasteiger partial charge in [-0.1, -0.05) is 22.6 Å². The highest BCUT2D eigenvalue weighted by molar-refractivity contribution is 14.1. The SMILES string of the molecule is CC(I)C(F)(F)C(F)(F)C(F)(F)C(F)(F)C(F)(C(F)(F)F)C(F)(F)F. The molecule has 0 saturated carbocycles. The zero-order valence-corrected chi connectivity index (χ0v) is 13.3. The Morgan fingerprint density at radius 1 is 0.520 bits per heavy atom. The Balaban J connectivity index is 6.75. The van der Waals surface area contributed by atoms with Crippen LogP contribution in [-0.4, -0.2) is 45.6 Å². The van der Waals surface area contributed by atoms with Crippen LogP contribution >= 0.6 is 22.6 Å². The highest BCUT2D eigenvalue weighted by Gasteiger charge is 2.95. The van der Waals surface area contributed by atoms with Crippen molar-refractivity contribution in [1.82, 2.24) is 0 Å². The van der Waals surface area contributed by atoms with Crippen LogP contribution in [0.3, 0.4) is 0 Å². The molecule has 152 valence electrons. The third-order valence-corrected chi connectivity index (χ3v) is 3.70. The smallest absolute Gasteiger partial charge is 0.216 e. The zero-order chi connectivity index (χ0) is 21.1. The van der Waals surface area contributed by atoms with Crippen molar-refractivity contribution in [2.24, 2.45) is 0 Å². The topological polar surface area (TPSA) is 0 Å². The molecule has 0 aromatic heterocycles. The molecule has 0 aliphatic rings. The molecule has 0 heterocycles. The first-order chi connectivity index (χ1) is 10.4. The Kier molecular flexibility index (Phi) is 6.02. The van der Waals surface area contributed by atoms with E-state index >= 15 is 0 Å². The molecule has 25 heavy (non-hydrogen) atoms. The molecular formula is C9H4F15I. The number of alkyl halides is 16. The first kappa shape index (κ1) is 24.7. The summed E-state index contributed by atoms with van der Waals surface area (Å²) >= 11 is 0.285. The summed E-state index contributed by atoms with van der Waals surface area (Å²) in [4.78, 5) is 0. The Labute approximate surface area is 141 Å². The molecule has 0 aliphatic carbocycles. The van der Waals surface area contributed by atoms with Crippen LogP contribution in [0.4, 0.5) is 65.9 Å². The molecule has 0 aliphatic heterocycles. The maximum Gasteiger partial charge on any atom is 0.438 e. The lowest BCUT2D eigenvalue weighted by molar-refractivity contribution is -0.456. The van der Waals surface area contributed by atoms with Crippen LogP contribution in [0.15, 0.2) is 0 Å². The Hall–Kier alpha value is -0.320. The minimum absolute atomic E-state index is 0.0267. The van der Waals surface area contributed by atoms with Crippen molar-refractivity contribution in [3.05, 3.63) is 0 Å². The van der Waals surface area contributed by atoms with Gasteiger partial charge < -0.3 is 0 Å². The summed E-state index contributed by atoms with van der Waals surface area (Å²) in [5, 5.41) is 0. The Morgan fingerprint density at radius 2 is 0.800 bits per heavy atom. The maximum absolute atomic E-state index is 13.2. The minimum atomic E-state index is -8.34. The molecule has 0 N–H and O–H groups in total. The monoisotopic (exact) mass is 524 g/mol. The molecule has 0 saturated heterocycles. The van der Waals surface area contributed by atoms with Crippen LogP contribution in [0.2, 0.25) is 0 Å². The van der Waals surface area contributed by atoms with Crippen molar-refractivity contribution < 1.29 is 65.9 Å². The quantitative estimate of drug-likeness (QED) is 0.229. The van der Waals surface area contributed by atoms with E-state index in [1.54, 1.807) is 0 Å². The summed E-state index contributed by atoms with van der Waals surface area (Å²) in [5.74, 6) is -30.1. The molecule has 0 nitrogen and oxygen atoms in total. The van der Waals surface area contributed by atoms with Gasteiger partial charge in [-0.05, 0) is 6.92 Å². The maximum atomic E-state index is 13.2. The highest BCUT2D eigenvalue weighted by atomic mass is 127. The fourth-order valence-electron chi connectivity index (χ4n) is 1.39. The van der Waals surface area contributed by atoms with Gasteiger partial charge in [-0.25, -0.2) is 4.39 Å². The average Bonchev–Trinajstić information content (AvgIpc) is 2.33. The third kappa shape index (κ3) is 3.12. The molecule has 0 rings (SSSR count). The van der Waals surface area contributed by atoms with Gasteiger partial charge >= 0.3 is 41.7 Å². The molecule has 0 bridgehead atoms. The zero-order valence-electron chi connectivity index (χ0n) is 11.1. The number of hydrogen-bond donors (Lipinski definition) is 0. The van der Waals surface area contributed by atoms with Gasteiger partial charge in [0.25, 0.3) is 0 Å². The van der Waals surface area contributed by atoms with Gasteiger partial charge in [-0.2, -0.15) is 61.5 Å². The van der Waals surface area contributed by atoms with Gasteiger partial charge in [0.1, 0.15) is 0 Å². The lowest BCUT2D eigenvalue weighted by Crippen LogP contribution is -2.75. The van der Waals surface area contributed by atoms with Crippen molar-refractivity contribution >= 4 is 22.6 Å². The van der Waals surface area contributed by atoms with Gasteiger partial charge in [0.2, 0.25) is 0 Å². The molecular weight excluding hydrogens is 520 g/mol. The normalized spacial score (nSPS) is 17.6. The van der Waals surface area contributed by atoms with Crippen LogP contribution in [0, 0.1) is 0 Å². The average molecular weight is 524 g/mol. The number of rotatable bonds is 5. The van der Waals surface area contributed by atoms with E-state index < -0.39 is 45.6 Å². The summed E-state index contributed by atoms with van der Waals surface area (Å²) in [7, 11) is 0. The van der Waals surface area contributed by atoms with Gasteiger partial charge in [0.05, 0.1) is 3.92 Å².